The maximum Gasteiger partial charge on any atom is 0.136 e. The van der Waals surface area contributed by atoms with Crippen LogP contribution in [0.5, 0.6) is 0 Å². The number of fused-ring (bicyclic) bond motifs is 1. The molecule has 0 N–H and O–H groups in total. The van der Waals surface area contributed by atoms with Crippen molar-refractivity contribution in [2.45, 2.75) is 40.0 Å². The summed E-state index contributed by atoms with van der Waals surface area (Å²) in [6.45, 7) is 6.74. The first-order valence-electron chi connectivity index (χ1n) is 5.10. The third-order valence-electron chi connectivity index (χ3n) is 4.28. The molecule has 0 aromatic heterocycles. The second-order valence-corrected chi connectivity index (χ2v) is 4.95. The van der Waals surface area contributed by atoms with Gasteiger partial charge in [-0.2, -0.15) is 0 Å². The van der Waals surface area contributed by atoms with E-state index in [4.69, 9.17) is 0 Å². The third kappa shape index (κ3) is 0.884. The highest BCUT2D eigenvalue weighted by Gasteiger charge is 2.61. The van der Waals surface area contributed by atoms with E-state index in [-0.39, 0.29) is 0 Å². The van der Waals surface area contributed by atoms with E-state index in [1.807, 2.05) is 0 Å². The number of hydrogen-bond donors (Lipinski definition) is 0. The number of ketones is 1. The summed E-state index contributed by atoms with van der Waals surface area (Å²) in [7, 11) is 0. The average Bonchev–Trinajstić information content (AvgIpc) is 2.74. The molecule has 1 nitrogen and oxygen atoms in total. The first kappa shape index (κ1) is 8.28. The topological polar surface area (TPSA) is 17.1 Å². The van der Waals surface area contributed by atoms with E-state index in [2.05, 4.69) is 20.8 Å². The van der Waals surface area contributed by atoms with Gasteiger partial charge in [0.15, 0.2) is 0 Å². The third-order valence-corrected chi connectivity index (χ3v) is 4.28. The molecule has 2 rings (SSSR count). The van der Waals surface area contributed by atoms with Gasteiger partial charge in [-0.3, -0.25) is 4.79 Å². The zero-order valence-electron chi connectivity index (χ0n) is 8.26. The van der Waals surface area contributed by atoms with E-state index >= 15 is 0 Å². The fourth-order valence-electron chi connectivity index (χ4n) is 3.07. The van der Waals surface area contributed by atoms with Crippen LogP contribution in [0.4, 0.5) is 0 Å². The van der Waals surface area contributed by atoms with E-state index in [9.17, 15) is 4.79 Å². The summed E-state index contributed by atoms with van der Waals surface area (Å²) in [6, 6.07) is 0. The summed E-state index contributed by atoms with van der Waals surface area (Å²) in [4.78, 5) is 11.4. The van der Waals surface area contributed by atoms with Crippen LogP contribution < -0.4 is 0 Å². The Balaban J connectivity index is 2.15. The Bertz CT molecular complexity index is 219. The number of Topliss-reactive ketones (excluding diaryl/α,β-unsaturated/α-hetero) is 1. The second-order valence-electron chi connectivity index (χ2n) is 4.95. The van der Waals surface area contributed by atoms with Crippen molar-refractivity contribution in [2.75, 3.05) is 0 Å². The molecule has 0 bridgehead atoms. The quantitative estimate of drug-likeness (QED) is 0.585. The van der Waals surface area contributed by atoms with Crippen molar-refractivity contribution >= 4 is 5.78 Å². The molecule has 0 aromatic rings. The minimum atomic E-state index is 0.362. The number of carbonyl (C=O) groups excluding carboxylic acids is 1. The predicted octanol–water partition coefficient (Wildman–Crippen LogP) is 2.65. The normalized spacial score (nSPS) is 46.2. The van der Waals surface area contributed by atoms with Gasteiger partial charge in [0, 0.05) is 12.3 Å². The van der Waals surface area contributed by atoms with Crippen LogP contribution in [0.2, 0.25) is 0 Å². The lowest BCUT2D eigenvalue weighted by Crippen LogP contribution is -2.27. The van der Waals surface area contributed by atoms with Crippen molar-refractivity contribution in [1.82, 2.24) is 0 Å². The highest BCUT2D eigenvalue weighted by molar-refractivity contribution is 5.82. The van der Waals surface area contributed by atoms with Gasteiger partial charge in [-0.15, -0.1) is 0 Å². The van der Waals surface area contributed by atoms with Crippen molar-refractivity contribution in [3.63, 3.8) is 0 Å². The van der Waals surface area contributed by atoms with E-state index in [0.29, 0.717) is 17.1 Å². The van der Waals surface area contributed by atoms with Gasteiger partial charge in [-0.1, -0.05) is 20.8 Å². The van der Waals surface area contributed by atoms with Crippen LogP contribution in [0.25, 0.3) is 0 Å². The zero-order chi connectivity index (χ0) is 8.93. The van der Waals surface area contributed by atoms with Gasteiger partial charge >= 0.3 is 0 Å². The summed E-state index contributed by atoms with van der Waals surface area (Å²) in [6.07, 6.45) is 3.33. The SMILES string of the molecule is CC1C(=O)CCC2(C(C)C)CC12. The maximum atomic E-state index is 11.4. The first-order valence-corrected chi connectivity index (χ1v) is 5.10. The van der Waals surface area contributed by atoms with Gasteiger partial charge in [-0.05, 0) is 30.1 Å². The molecule has 0 radical (unpaired) electrons. The molecule has 0 aliphatic heterocycles. The summed E-state index contributed by atoms with van der Waals surface area (Å²) in [5.74, 6) is 2.38. The summed E-state index contributed by atoms with van der Waals surface area (Å²) in [5.41, 5.74) is 0.577. The van der Waals surface area contributed by atoms with E-state index in [1.54, 1.807) is 0 Å². The van der Waals surface area contributed by atoms with Crippen molar-refractivity contribution in [1.29, 1.82) is 0 Å². The van der Waals surface area contributed by atoms with Gasteiger partial charge in [0.1, 0.15) is 5.78 Å². The minimum absolute atomic E-state index is 0.362. The lowest BCUT2D eigenvalue weighted by Gasteiger charge is -2.28. The average molecular weight is 166 g/mol. The van der Waals surface area contributed by atoms with Crippen molar-refractivity contribution in [3.8, 4) is 0 Å². The Morgan fingerprint density at radius 2 is 2.17 bits per heavy atom. The lowest BCUT2D eigenvalue weighted by molar-refractivity contribution is -0.125. The van der Waals surface area contributed by atoms with Crippen LogP contribution in [0, 0.1) is 23.2 Å². The second kappa shape index (κ2) is 2.34. The maximum absolute atomic E-state index is 11.4. The molecular formula is C11H18O. The monoisotopic (exact) mass is 166 g/mol. The van der Waals surface area contributed by atoms with E-state index in [0.717, 1.165) is 18.3 Å². The molecule has 0 saturated heterocycles. The molecule has 0 aromatic carbocycles. The fourth-order valence-corrected chi connectivity index (χ4v) is 3.07. The van der Waals surface area contributed by atoms with Crippen LogP contribution in [-0.4, -0.2) is 5.78 Å². The Morgan fingerprint density at radius 3 is 2.75 bits per heavy atom. The Kier molecular flexibility index (Phi) is 1.61. The number of carbonyl (C=O) groups is 1. The summed E-state index contributed by atoms with van der Waals surface area (Å²) < 4.78 is 0. The van der Waals surface area contributed by atoms with Crippen LogP contribution >= 0.6 is 0 Å². The standard InChI is InChI=1S/C11H18O/c1-7(2)11-5-4-10(12)8(3)9(11)6-11/h7-9H,4-6H2,1-3H3. The Morgan fingerprint density at radius 1 is 1.50 bits per heavy atom. The molecule has 3 atom stereocenters. The van der Waals surface area contributed by atoms with Gasteiger partial charge in [-0.25, -0.2) is 0 Å². The molecule has 2 saturated carbocycles. The van der Waals surface area contributed by atoms with Crippen molar-refractivity contribution < 1.29 is 4.79 Å². The largest absolute Gasteiger partial charge is 0.299 e. The van der Waals surface area contributed by atoms with Gasteiger partial charge in [0.05, 0.1) is 0 Å². The molecule has 3 unspecified atom stereocenters. The Labute approximate surface area is 74.5 Å². The highest BCUT2D eigenvalue weighted by Crippen LogP contribution is 2.66. The minimum Gasteiger partial charge on any atom is -0.299 e. The molecule has 2 aliphatic carbocycles. The molecule has 2 fully saturated rings. The highest BCUT2D eigenvalue weighted by atomic mass is 16.1. The fraction of sp³-hybridized carbons (Fsp3) is 0.909. The van der Waals surface area contributed by atoms with Gasteiger partial charge in [0.2, 0.25) is 0 Å². The predicted molar refractivity (Wildman–Crippen MR) is 48.8 cm³/mol. The van der Waals surface area contributed by atoms with Crippen LogP contribution in [0.15, 0.2) is 0 Å². The van der Waals surface area contributed by atoms with Crippen LogP contribution in [0.1, 0.15) is 40.0 Å². The van der Waals surface area contributed by atoms with E-state index in [1.165, 1.54) is 12.8 Å². The van der Waals surface area contributed by atoms with Crippen LogP contribution in [0.3, 0.4) is 0 Å². The molecule has 1 heteroatoms. The molecule has 68 valence electrons. The van der Waals surface area contributed by atoms with E-state index < -0.39 is 0 Å². The molecule has 0 amide bonds. The molecule has 2 aliphatic rings. The lowest BCUT2D eigenvalue weighted by atomic mass is 9.76. The zero-order valence-corrected chi connectivity index (χ0v) is 8.26. The van der Waals surface area contributed by atoms with Crippen molar-refractivity contribution in [3.05, 3.63) is 0 Å². The molecule has 0 spiro atoms. The number of hydrogen-bond acceptors (Lipinski definition) is 1. The summed E-state index contributed by atoms with van der Waals surface area (Å²) >= 11 is 0. The van der Waals surface area contributed by atoms with Crippen molar-refractivity contribution in [2.24, 2.45) is 23.2 Å². The first-order chi connectivity index (χ1) is 5.58. The molecule has 0 heterocycles. The van der Waals surface area contributed by atoms with Gasteiger partial charge in [0.25, 0.3) is 0 Å². The molecular weight excluding hydrogens is 148 g/mol. The Hall–Kier alpha value is -0.330. The number of rotatable bonds is 1. The van der Waals surface area contributed by atoms with Crippen LogP contribution in [-0.2, 0) is 4.79 Å². The smallest absolute Gasteiger partial charge is 0.136 e. The molecule has 12 heavy (non-hydrogen) atoms. The summed E-state index contributed by atoms with van der Waals surface area (Å²) in [5, 5.41) is 0. The van der Waals surface area contributed by atoms with Gasteiger partial charge < -0.3 is 0 Å².